The third-order valence-electron chi connectivity index (χ3n) is 1.36. The number of aromatic nitrogens is 2. The van der Waals surface area contributed by atoms with Crippen molar-refractivity contribution in [1.29, 1.82) is 0 Å². The van der Waals surface area contributed by atoms with Gasteiger partial charge in [0.2, 0.25) is 0 Å². The highest BCUT2D eigenvalue weighted by atomic mass is 16.2. The Hall–Kier alpha value is -1.98. The van der Waals surface area contributed by atoms with Crippen LogP contribution in [-0.4, -0.2) is 21.8 Å². The fraction of sp³-hybridized carbons (Fsp3) is 0.143. The summed E-state index contributed by atoms with van der Waals surface area (Å²) in [5, 5.41) is 0. The van der Waals surface area contributed by atoms with Gasteiger partial charge in [0.15, 0.2) is 11.4 Å². The standard InChI is InChI=1S/C7H8N4O2/c1-3-2-10-4(6(8)12)5(11-3)7(9)13/h2H,1H3,(H2,8,12)(H2,9,13). The zero-order valence-corrected chi connectivity index (χ0v) is 6.94. The fourth-order valence-corrected chi connectivity index (χ4v) is 0.829. The molecule has 13 heavy (non-hydrogen) atoms. The van der Waals surface area contributed by atoms with Gasteiger partial charge in [-0.05, 0) is 6.92 Å². The molecule has 2 amide bonds. The second-order valence-electron chi connectivity index (χ2n) is 2.44. The zero-order valence-electron chi connectivity index (χ0n) is 6.94. The van der Waals surface area contributed by atoms with Gasteiger partial charge in [-0.1, -0.05) is 0 Å². The van der Waals surface area contributed by atoms with Crippen molar-refractivity contribution in [3.05, 3.63) is 23.3 Å². The average Bonchev–Trinajstić information content (AvgIpc) is 2.03. The van der Waals surface area contributed by atoms with Gasteiger partial charge in [-0.15, -0.1) is 0 Å². The number of primary amides is 2. The molecule has 1 rings (SSSR count). The lowest BCUT2D eigenvalue weighted by molar-refractivity contribution is 0.0959. The fourth-order valence-electron chi connectivity index (χ4n) is 0.829. The van der Waals surface area contributed by atoms with E-state index < -0.39 is 11.8 Å². The average molecular weight is 180 g/mol. The van der Waals surface area contributed by atoms with E-state index in [1.165, 1.54) is 6.20 Å². The van der Waals surface area contributed by atoms with Crippen molar-refractivity contribution in [3.8, 4) is 0 Å². The molecule has 1 heterocycles. The minimum atomic E-state index is -0.818. The first-order chi connectivity index (χ1) is 6.02. The Morgan fingerprint density at radius 2 is 1.77 bits per heavy atom. The molecule has 1 aromatic heterocycles. The number of nitrogens with zero attached hydrogens (tertiary/aromatic N) is 2. The van der Waals surface area contributed by atoms with Crippen LogP contribution in [0.4, 0.5) is 0 Å². The molecule has 0 radical (unpaired) electrons. The van der Waals surface area contributed by atoms with Crippen LogP contribution in [0, 0.1) is 6.92 Å². The molecule has 4 N–H and O–H groups in total. The number of rotatable bonds is 2. The summed E-state index contributed by atoms with van der Waals surface area (Å²) in [6.07, 6.45) is 1.34. The van der Waals surface area contributed by atoms with Crippen molar-refractivity contribution >= 4 is 11.8 Å². The first kappa shape index (κ1) is 9.11. The van der Waals surface area contributed by atoms with Crippen molar-refractivity contribution in [2.24, 2.45) is 11.5 Å². The van der Waals surface area contributed by atoms with Crippen molar-refractivity contribution in [2.75, 3.05) is 0 Å². The summed E-state index contributed by atoms with van der Waals surface area (Å²) in [7, 11) is 0. The number of carbonyl (C=O) groups is 2. The molecule has 1 aromatic rings. The van der Waals surface area contributed by atoms with Gasteiger partial charge in [0.1, 0.15) is 0 Å². The second kappa shape index (κ2) is 3.18. The summed E-state index contributed by atoms with van der Waals surface area (Å²) in [5.41, 5.74) is 10.0. The van der Waals surface area contributed by atoms with E-state index in [1.54, 1.807) is 6.92 Å². The van der Waals surface area contributed by atoms with Gasteiger partial charge >= 0.3 is 0 Å². The van der Waals surface area contributed by atoms with Gasteiger partial charge in [-0.25, -0.2) is 9.97 Å². The summed E-state index contributed by atoms with van der Waals surface area (Å²) >= 11 is 0. The van der Waals surface area contributed by atoms with E-state index in [0.717, 1.165) is 0 Å². The summed E-state index contributed by atoms with van der Waals surface area (Å²) in [5.74, 6) is -1.63. The van der Waals surface area contributed by atoms with E-state index in [1.807, 2.05) is 0 Å². The van der Waals surface area contributed by atoms with Gasteiger partial charge < -0.3 is 11.5 Å². The lowest BCUT2D eigenvalue weighted by Gasteiger charge is -2.01. The van der Waals surface area contributed by atoms with E-state index in [4.69, 9.17) is 11.5 Å². The Labute approximate surface area is 74.0 Å². The highest BCUT2D eigenvalue weighted by Crippen LogP contribution is 2.01. The second-order valence-corrected chi connectivity index (χ2v) is 2.44. The molecule has 0 saturated heterocycles. The lowest BCUT2D eigenvalue weighted by Crippen LogP contribution is -2.23. The monoisotopic (exact) mass is 180 g/mol. The van der Waals surface area contributed by atoms with Crippen LogP contribution in [-0.2, 0) is 0 Å². The zero-order chi connectivity index (χ0) is 10.0. The number of amides is 2. The molecule has 0 bridgehead atoms. The maximum Gasteiger partial charge on any atom is 0.269 e. The van der Waals surface area contributed by atoms with Crippen molar-refractivity contribution in [1.82, 2.24) is 9.97 Å². The maximum atomic E-state index is 10.8. The minimum Gasteiger partial charge on any atom is -0.364 e. The number of nitrogens with two attached hydrogens (primary N) is 2. The van der Waals surface area contributed by atoms with Gasteiger partial charge in [-0.3, -0.25) is 9.59 Å². The van der Waals surface area contributed by atoms with Crippen molar-refractivity contribution in [2.45, 2.75) is 6.92 Å². The highest BCUT2D eigenvalue weighted by Gasteiger charge is 2.15. The van der Waals surface area contributed by atoms with Crippen LogP contribution in [0.15, 0.2) is 6.20 Å². The summed E-state index contributed by atoms with van der Waals surface area (Å²) in [6, 6.07) is 0. The third-order valence-corrected chi connectivity index (χ3v) is 1.36. The van der Waals surface area contributed by atoms with E-state index in [2.05, 4.69) is 9.97 Å². The van der Waals surface area contributed by atoms with Crippen LogP contribution >= 0.6 is 0 Å². The molecule has 0 aliphatic carbocycles. The normalized spacial score (nSPS) is 9.62. The van der Waals surface area contributed by atoms with Crippen molar-refractivity contribution in [3.63, 3.8) is 0 Å². The first-order valence-corrected chi connectivity index (χ1v) is 3.45. The van der Waals surface area contributed by atoms with Crippen LogP contribution in [0.3, 0.4) is 0 Å². The number of aryl methyl sites for hydroxylation is 1. The molecule has 0 unspecified atom stereocenters. The Morgan fingerprint density at radius 3 is 2.23 bits per heavy atom. The molecule has 0 aliphatic rings. The largest absolute Gasteiger partial charge is 0.364 e. The molecule has 0 aliphatic heterocycles. The van der Waals surface area contributed by atoms with Crippen LogP contribution in [0.2, 0.25) is 0 Å². The van der Waals surface area contributed by atoms with Crippen molar-refractivity contribution < 1.29 is 9.59 Å². The predicted octanol–water partition coefficient (Wildman–Crippen LogP) is -1.02. The predicted molar refractivity (Wildman–Crippen MR) is 43.8 cm³/mol. The Kier molecular flexibility index (Phi) is 2.23. The number of hydrogen-bond donors (Lipinski definition) is 2. The van der Waals surface area contributed by atoms with Crippen LogP contribution in [0.1, 0.15) is 26.7 Å². The van der Waals surface area contributed by atoms with Gasteiger partial charge in [0, 0.05) is 6.20 Å². The molecule has 0 fully saturated rings. The molecule has 0 aromatic carbocycles. The number of carbonyl (C=O) groups excluding carboxylic acids is 2. The lowest BCUT2D eigenvalue weighted by atomic mass is 10.2. The van der Waals surface area contributed by atoms with Gasteiger partial charge in [0.05, 0.1) is 5.69 Å². The van der Waals surface area contributed by atoms with Crippen LogP contribution < -0.4 is 11.5 Å². The Bertz CT molecular complexity index is 375. The van der Waals surface area contributed by atoms with Gasteiger partial charge in [-0.2, -0.15) is 0 Å². The quantitative estimate of drug-likeness (QED) is 0.606. The Morgan fingerprint density at radius 1 is 1.23 bits per heavy atom. The minimum absolute atomic E-state index is 0.187. The van der Waals surface area contributed by atoms with Crippen LogP contribution in [0.5, 0.6) is 0 Å². The molecule has 68 valence electrons. The topological polar surface area (TPSA) is 112 Å². The summed E-state index contributed by atoms with van der Waals surface area (Å²) in [4.78, 5) is 29.0. The molecule has 0 saturated carbocycles. The van der Waals surface area contributed by atoms with E-state index in [0.29, 0.717) is 5.69 Å². The molecule has 6 heteroatoms. The maximum absolute atomic E-state index is 10.8. The smallest absolute Gasteiger partial charge is 0.269 e. The van der Waals surface area contributed by atoms with Gasteiger partial charge in [0.25, 0.3) is 11.8 Å². The van der Waals surface area contributed by atoms with Crippen LogP contribution in [0.25, 0.3) is 0 Å². The molecule has 6 nitrogen and oxygen atoms in total. The number of hydrogen-bond acceptors (Lipinski definition) is 4. The summed E-state index contributed by atoms with van der Waals surface area (Å²) < 4.78 is 0. The van der Waals surface area contributed by atoms with E-state index in [9.17, 15) is 9.59 Å². The molecular weight excluding hydrogens is 172 g/mol. The summed E-state index contributed by atoms with van der Waals surface area (Å²) in [6.45, 7) is 1.63. The Balaban J connectivity index is 3.35. The SMILES string of the molecule is Cc1cnc(C(N)=O)c(C(N)=O)n1. The van der Waals surface area contributed by atoms with E-state index in [-0.39, 0.29) is 11.4 Å². The molecular formula is C7H8N4O2. The first-order valence-electron chi connectivity index (χ1n) is 3.45. The van der Waals surface area contributed by atoms with E-state index >= 15 is 0 Å². The highest BCUT2D eigenvalue weighted by molar-refractivity contribution is 6.03. The third kappa shape index (κ3) is 1.78. The molecule has 0 atom stereocenters. The molecule has 0 spiro atoms.